The smallest absolute Gasteiger partial charge is 0.295 e. The summed E-state index contributed by atoms with van der Waals surface area (Å²) < 4.78 is 95.9. The van der Waals surface area contributed by atoms with Crippen molar-refractivity contribution in [3.8, 4) is 5.75 Å². The van der Waals surface area contributed by atoms with Crippen molar-refractivity contribution in [2.75, 3.05) is 25.1 Å². The molecule has 2 amide bonds. The molecule has 5 rings (SSSR count). The van der Waals surface area contributed by atoms with Gasteiger partial charge in [-0.2, -0.15) is 13.5 Å². The minimum Gasteiger partial charge on any atom is -0.491 e. The number of benzene rings is 3. The number of nitrogens with zero attached hydrogens (tertiary/aromatic N) is 4. The number of hydrogen-bond acceptors (Lipinski definition) is 12. The molecular weight excluding hydrogens is 817 g/mol. The third-order valence-electron chi connectivity index (χ3n) is 8.04. The maximum absolute atomic E-state index is 14.4. The highest BCUT2D eigenvalue weighted by atomic mass is 32.2. The van der Waals surface area contributed by atoms with Gasteiger partial charge in [-0.05, 0) is 48.4 Å². The van der Waals surface area contributed by atoms with Crippen molar-refractivity contribution in [1.29, 1.82) is 0 Å². The van der Waals surface area contributed by atoms with Gasteiger partial charge in [-0.15, -0.1) is 11.8 Å². The summed E-state index contributed by atoms with van der Waals surface area (Å²) in [6.07, 6.45) is 5.58. The first kappa shape index (κ1) is 43.8. The molecule has 0 atom stereocenters. The summed E-state index contributed by atoms with van der Waals surface area (Å²) in [5.74, 6) is -1.67. The highest BCUT2D eigenvalue weighted by Gasteiger charge is 2.20. The zero-order chi connectivity index (χ0) is 42.4. The fraction of sp³-hybridized carbons (Fsp3) is 0.154. The minimum atomic E-state index is -4.63. The summed E-state index contributed by atoms with van der Waals surface area (Å²) >= 11 is 0.486. The number of carbonyl (C=O) groups excluding carboxylic acids is 2. The zero-order valence-electron chi connectivity index (χ0n) is 30.8. The van der Waals surface area contributed by atoms with E-state index in [0.29, 0.717) is 24.0 Å². The number of pyridine rings is 2. The lowest BCUT2D eigenvalue weighted by Crippen LogP contribution is -2.39. The molecule has 5 aromatic rings. The molecule has 59 heavy (non-hydrogen) atoms. The molecule has 0 bridgehead atoms. The molecular formula is C39H36F4N8O6S2. The molecule has 0 fully saturated rings. The van der Waals surface area contributed by atoms with Gasteiger partial charge in [-0.3, -0.25) is 14.1 Å². The van der Waals surface area contributed by atoms with Crippen molar-refractivity contribution in [3.05, 3.63) is 149 Å². The van der Waals surface area contributed by atoms with Gasteiger partial charge in [-0.25, -0.2) is 43.9 Å². The Labute approximate surface area is 340 Å². The number of carbonyl (C=O) groups is 2. The van der Waals surface area contributed by atoms with E-state index < -0.39 is 55.0 Å². The van der Waals surface area contributed by atoms with E-state index >= 15 is 0 Å². The number of nitrogen functional groups attached to an aromatic ring is 1. The largest absolute Gasteiger partial charge is 0.491 e. The monoisotopic (exact) mass is 852 g/mol. The first-order valence-corrected chi connectivity index (χ1v) is 19.9. The molecule has 0 spiro atoms. The molecule has 6 N–H and O–H groups in total. The van der Waals surface area contributed by atoms with E-state index in [0.717, 1.165) is 23.0 Å². The van der Waals surface area contributed by atoms with Crippen LogP contribution in [0.4, 0.5) is 23.4 Å². The Bertz CT molecular complexity index is 2400. The fourth-order valence-electron chi connectivity index (χ4n) is 5.14. The maximum Gasteiger partial charge on any atom is 0.295 e. The van der Waals surface area contributed by atoms with Crippen molar-refractivity contribution in [3.63, 3.8) is 0 Å². The van der Waals surface area contributed by atoms with Crippen LogP contribution in [0.5, 0.6) is 5.75 Å². The Morgan fingerprint density at radius 1 is 0.966 bits per heavy atom. The van der Waals surface area contributed by atoms with Gasteiger partial charge >= 0.3 is 0 Å². The Kier molecular flexibility index (Phi) is 15.5. The summed E-state index contributed by atoms with van der Waals surface area (Å²) in [7, 11) is -4.63. The van der Waals surface area contributed by atoms with E-state index in [9.17, 15) is 40.1 Å². The molecule has 0 aliphatic heterocycles. The number of nitrogens with one attached hydrogen (secondary N) is 3. The topological polar surface area (TPSA) is 201 Å². The van der Waals surface area contributed by atoms with Crippen LogP contribution in [0.1, 0.15) is 39.3 Å². The molecule has 0 aliphatic carbocycles. The molecule has 308 valence electrons. The standard InChI is InChI=1S/C39H36F4N8O6S2/c40-29-21-30(41)37(43)38(36(29)42)58-24-28-12-14-32(57-20-17-25-7-2-1-3-8-25)31(48-28)13-16-35(52)50-51(47-23-26-9-4-5-10-33(26)59(54,55)56)19-6-18-45-39(53)27-11-15-34(49-44)46-22-27/h1-5,7-16,21-23H,6,17-20,24,44H2,(H,45,53)(H,46,49)(H,50,52)(H,54,55,56)/b16-13?,47-23+. The van der Waals surface area contributed by atoms with Crippen LogP contribution in [-0.2, 0) is 27.1 Å². The molecule has 14 nitrogen and oxygen atoms in total. The van der Waals surface area contributed by atoms with Gasteiger partial charge in [0.1, 0.15) is 22.2 Å². The highest BCUT2D eigenvalue weighted by Crippen LogP contribution is 2.32. The molecule has 2 aromatic heterocycles. The molecule has 0 radical (unpaired) electrons. The number of hydrazone groups is 1. The molecule has 0 saturated heterocycles. The highest BCUT2D eigenvalue weighted by molar-refractivity contribution is 7.98. The molecule has 0 aliphatic rings. The quantitative estimate of drug-likeness (QED) is 0.00785. The summed E-state index contributed by atoms with van der Waals surface area (Å²) in [5.41, 5.74) is 6.53. The normalized spacial score (nSPS) is 11.5. The summed E-state index contributed by atoms with van der Waals surface area (Å²) in [5, 5.41) is 8.01. The predicted molar refractivity (Wildman–Crippen MR) is 212 cm³/mol. The lowest BCUT2D eigenvalue weighted by atomic mass is 10.2. The van der Waals surface area contributed by atoms with Crippen LogP contribution in [0.15, 0.2) is 112 Å². The van der Waals surface area contributed by atoms with Gasteiger partial charge in [0.15, 0.2) is 23.3 Å². The van der Waals surface area contributed by atoms with Crippen molar-refractivity contribution < 1.29 is 44.9 Å². The number of halogens is 4. The summed E-state index contributed by atoms with van der Waals surface area (Å²) in [6.45, 7) is 0.317. The van der Waals surface area contributed by atoms with E-state index in [1.165, 1.54) is 60.8 Å². The average molecular weight is 853 g/mol. The van der Waals surface area contributed by atoms with Gasteiger partial charge in [0.05, 0.1) is 35.5 Å². The van der Waals surface area contributed by atoms with Gasteiger partial charge in [0.25, 0.3) is 21.9 Å². The average Bonchev–Trinajstić information content (AvgIpc) is 3.23. The first-order valence-electron chi connectivity index (χ1n) is 17.5. The van der Waals surface area contributed by atoms with Crippen molar-refractivity contribution in [1.82, 2.24) is 25.8 Å². The molecule has 0 unspecified atom stereocenters. The number of ether oxygens (including phenoxy) is 1. The second-order valence-corrected chi connectivity index (χ2v) is 14.6. The van der Waals surface area contributed by atoms with E-state index in [-0.39, 0.29) is 66.2 Å². The number of aromatic nitrogens is 2. The maximum atomic E-state index is 14.4. The number of hydrazine groups is 2. The van der Waals surface area contributed by atoms with Gasteiger partial charge in [-0.1, -0.05) is 48.5 Å². The van der Waals surface area contributed by atoms with E-state index in [2.05, 4.69) is 31.2 Å². The molecule has 20 heteroatoms. The van der Waals surface area contributed by atoms with Crippen LogP contribution in [0, 0.1) is 23.3 Å². The third kappa shape index (κ3) is 12.8. The van der Waals surface area contributed by atoms with Gasteiger partial charge in [0.2, 0.25) is 0 Å². The zero-order valence-corrected chi connectivity index (χ0v) is 32.5. The van der Waals surface area contributed by atoms with E-state index in [4.69, 9.17) is 10.6 Å². The van der Waals surface area contributed by atoms with Crippen LogP contribution < -0.4 is 26.7 Å². The van der Waals surface area contributed by atoms with Crippen LogP contribution in [0.3, 0.4) is 0 Å². The van der Waals surface area contributed by atoms with Crippen molar-refractivity contribution in [2.24, 2.45) is 10.9 Å². The first-order chi connectivity index (χ1) is 28.3. The summed E-state index contributed by atoms with van der Waals surface area (Å²) in [4.78, 5) is 33.1. The van der Waals surface area contributed by atoms with Crippen molar-refractivity contribution >= 4 is 51.8 Å². The molecule has 3 aromatic carbocycles. The number of thioether (sulfide) groups is 1. The van der Waals surface area contributed by atoms with E-state index in [1.807, 2.05) is 30.3 Å². The number of amides is 2. The Hall–Kier alpha value is -6.35. The van der Waals surface area contributed by atoms with Gasteiger partial charge in [0, 0.05) is 42.6 Å². The second-order valence-electron chi connectivity index (χ2n) is 12.2. The Morgan fingerprint density at radius 3 is 2.39 bits per heavy atom. The lowest BCUT2D eigenvalue weighted by molar-refractivity contribution is -0.121. The van der Waals surface area contributed by atoms with E-state index in [1.54, 1.807) is 0 Å². The fourth-order valence-corrected chi connectivity index (χ4v) is 6.71. The Morgan fingerprint density at radius 2 is 1.69 bits per heavy atom. The van der Waals surface area contributed by atoms with Crippen LogP contribution in [0.2, 0.25) is 0 Å². The lowest BCUT2D eigenvalue weighted by Gasteiger charge is -2.19. The summed E-state index contributed by atoms with van der Waals surface area (Å²) in [6, 6.07) is 21.1. The molecule has 2 heterocycles. The molecule has 0 saturated carbocycles. The number of hydrogen-bond donors (Lipinski definition) is 5. The SMILES string of the molecule is NNc1ccc(C(=O)NCCCN(/N=C/c2ccccc2S(=O)(=O)O)NC(=O)C=Cc2nc(CSc3c(F)c(F)cc(F)c3F)ccc2OCCc2ccccc2)cn1. The third-order valence-corrected chi connectivity index (χ3v) is 10.1. The predicted octanol–water partition coefficient (Wildman–Crippen LogP) is 5.68. The van der Waals surface area contributed by atoms with Crippen LogP contribution in [-0.4, -0.2) is 65.8 Å². The Balaban J connectivity index is 1.33. The van der Waals surface area contributed by atoms with Crippen LogP contribution >= 0.6 is 11.8 Å². The van der Waals surface area contributed by atoms with Gasteiger partial charge < -0.3 is 15.5 Å². The number of anilines is 1. The minimum absolute atomic E-state index is 0.00865. The van der Waals surface area contributed by atoms with Crippen LogP contribution in [0.25, 0.3) is 6.08 Å². The van der Waals surface area contributed by atoms with Crippen molar-refractivity contribution in [2.45, 2.75) is 28.4 Å². The second kappa shape index (κ2) is 20.9. The number of rotatable bonds is 19. The number of nitrogens with two attached hydrogens (primary N) is 1.